The van der Waals surface area contributed by atoms with Crippen LogP contribution < -0.4 is 0 Å². The number of aromatic nitrogens is 2. The Morgan fingerprint density at radius 3 is 2.47 bits per heavy atom. The Morgan fingerprint density at radius 1 is 1.03 bits per heavy atom. The third-order valence-electron chi connectivity index (χ3n) is 5.61. The van der Waals surface area contributed by atoms with E-state index < -0.39 is 0 Å². The molecule has 0 aliphatic carbocycles. The zero-order chi connectivity index (χ0) is 21.5. The normalized spacial score (nSPS) is 11.1. The van der Waals surface area contributed by atoms with Crippen LogP contribution in [0.4, 0.5) is 0 Å². The SMILES string of the molecule is CCOC(=O)CCc1cccc(-c2ccc(-n3ccc(C)n3)c(C(CC)CC)c2)c1. The van der Waals surface area contributed by atoms with Crippen LogP contribution in [0.15, 0.2) is 54.7 Å². The summed E-state index contributed by atoms with van der Waals surface area (Å²) < 4.78 is 7.04. The molecule has 3 rings (SSSR count). The maximum atomic E-state index is 11.7. The fourth-order valence-corrected chi connectivity index (χ4v) is 3.93. The molecular weight excluding hydrogens is 372 g/mol. The number of ether oxygens (including phenoxy) is 1. The van der Waals surface area contributed by atoms with Crippen molar-refractivity contribution in [2.45, 2.75) is 59.3 Å². The molecule has 0 N–H and O–H groups in total. The summed E-state index contributed by atoms with van der Waals surface area (Å²) in [6, 6.07) is 17.2. The van der Waals surface area contributed by atoms with Gasteiger partial charge in [0.15, 0.2) is 0 Å². The molecule has 2 aromatic carbocycles. The van der Waals surface area contributed by atoms with E-state index >= 15 is 0 Å². The highest BCUT2D eigenvalue weighted by Gasteiger charge is 2.16. The molecule has 0 aliphatic rings. The second kappa shape index (κ2) is 10.2. The van der Waals surface area contributed by atoms with Crippen molar-refractivity contribution in [3.63, 3.8) is 0 Å². The molecule has 0 saturated carbocycles. The van der Waals surface area contributed by atoms with Crippen molar-refractivity contribution in [3.8, 4) is 16.8 Å². The minimum absolute atomic E-state index is 0.141. The standard InChI is InChI=1S/C26H32N2O2/c1-5-21(6-2)24-18-23(12-13-25(24)28-16-15-19(4)27-28)22-10-8-9-20(17-22)11-14-26(29)30-7-3/h8-10,12-13,15-18,21H,5-7,11,14H2,1-4H3. The highest BCUT2D eigenvalue weighted by molar-refractivity contribution is 5.70. The van der Waals surface area contributed by atoms with Crippen molar-refractivity contribution in [1.82, 2.24) is 9.78 Å². The molecule has 0 amide bonds. The van der Waals surface area contributed by atoms with Crippen LogP contribution in [-0.4, -0.2) is 22.4 Å². The molecule has 30 heavy (non-hydrogen) atoms. The highest BCUT2D eigenvalue weighted by Crippen LogP contribution is 2.33. The van der Waals surface area contributed by atoms with Gasteiger partial charge in [0.05, 0.1) is 18.0 Å². The van der Waals surface area contributed by atoms with Gasteiger partial charge in [0.25, 0.3) is 0 Å². The van der Waals surface area contributed by atoms with Crippen LogP contribution >= 0.6 is 0 Å². The van der Waals surface area contributed by atoms with Crippen LogP contribution in [0.5, 0.6) is 0 Å². The summed E-state index contributed by atoms with van der Waals surface area (Å²) in [6.07, 6.45) is 5.32. The Morgan fingerprint density at radius 2 is 1.80 bits per heavy atom. The first kappa shape index (κ1) is 21.8. The van der Waals surface area contributed by atoms with E-state index in [2.05, 4.69) is 61.4 Å². The molecule has 0 unspecified atom stereocenters. The Hall–Kier alpha value is -2.88. The first-order valence-electron chi connectivity index (χ1n) is 11.0. The average Bonchev–Trinajstić information content (AvgIpc) is 3.19. The van der Waals surface area contributed by atoms with E-state index in [9.17, 15) is 4.79 Å². The number of benzene rings is 2. The molecule has 158 valence electrons. The van der Waals surface area contributed by atoms with E-state index in [-0.39, 0.29) is 5.97 Å². The molecule has 4 nitrogen and oxygen atoms in total. The van der Waals surface area contributed by atoms with E-state index in [1.807, 2.05) is 30.8 Å². The van der Waals surface area contributed by atoms with Gasteiger partial charge in [0.1, 0.15) is 0 Å². The number of carbonyl (C=O) groups is 1. The predicted molar refractivity (Wildman–Crippen MR) is 122 cm³/mol. The molecule has 3 aromatic rings. The number of nitrogens with zero attached hydrogens (tertiary/aromatic N) is 2. The van der Waals surface area contributed by atoms with Crippen LogP contribution in [0.25, 0.3) is 16.8 Å². The molecule has 0 saturated heterocycles. The maximum Gasteiger partial charge on any atom is 0.306 e. The van der Waals surface area contributed by atoms with Crippen LogP contribution in [0, 0.1) is 6.92 Å². The molecule has 0 fully saturated rings. The third kappa shape index (κ3) is 5.18. The van der Waals surface area contributed by atoms with E-state index in [1.165, 1.54) is 16.7 Å². The largest absolute Gasteiger partial charge is 0.466 e. The molecule has 0 aliphatic heterocycles. The number of rotatable bonds is 9. The summed E-state index contributed by atoms with van der Waals surface area (Å²) in [4.78, 5) is 11.7. The molecular formula is C26H32N2O2. The van der Waals surface area contributed by atoms with Crippen LogP contribution in [0.3, 0.4) is 0 Å². The monoisotopic (exact) mass is 404 g/mol. The van der Waals surface area contributed by atoms with Crippen molar-refractivity contribution >= 4 is 5.97 Å². The van der Waals surface area contributed by atoms with Crippen LogP contribution in [0.1, 0.15) is 62.8 Å². The van der Waals surface area contributed by atoms with E-state index in [1.54, 1.807) is 0 Å². The molecule has 0 radical (unpaired) electrons. The van der Waals surface area contributed by atoms with Gasteiger partial charge in [-0.2, -0.15) is 5.10 Å². The lowest BCUT2D eigenvalue weighted by molar-refractivity contribution is -0.143. The summed E-state index contributed by atoms with van der Waals surface area (Å²) in [5.41, 5.74) is 7.02. The van der Waals surface area contributed by atoms with Gasteiger partial charge in [0.2, 0.25) is 0 Å². The second-order valence-electron chi connectivity index (χ2n) is 7.69. The van der Waals surface area contributed by atoms with Crippen molar-refractivity contribution in [2.75, 3.05) is 6.61 Å². The lowest BCUT2D eigenvalue weighted by Gasteiger charge is -2.19. The van der Waals surface area contributed by atoms with Gasteiger partial charge < -0.3 is 4.74 Å². The van der Waals surface area contributed by atoms with Gasteiger partial charge in [-0.25, -0.2) is 4.68 Å². The quantitative estimate of drug-likeness (QED) is 0.396. The summed E-state index contributed by atoms with van der Waals surface area (Å²) >= 11 is 0. The zero-order valence-corrected chi connectivity index (χ0v) is 18.5. The Kier molecular flexibility index (Phi) is 7.45. The van der Waals surface area contributed by atoms with Crippen LogP contribution in [-0.2, 0) is 16.0 Å². The number of esters is 1. The average molecular weight is 405 g/mol. The number of aryl methyl sites for hydroxylation is 2. The number of carbonyl (C=O) groups excluding carboxylic acids is 1. The minimum Gasteiger partial charge on any atom is -0.466 e. The predicted octanol–water partition coefficient (Wildman–Crippen LogP) is 6.25. The van der Waals surface area contributed by atoms with E-state index in [0.717, 1.165) is 29.8 Å². The fraction of sp³-hybridized carbons (Fsp3) is 0.385. The third-order valence-corrected chi connectivity index (χ3v) is 5.61. The van der Waals surface area contributed by atoms with E-state index in [4.69, 9.17) is 4.74 Å². The molecule has 4 heteroatoms. The first-order valence-corrected chi connectivity index (χ1v) is 11.0. The Bertz CT molecular complexity index is 986. The van der Waals surface area contributed by atoms with Crippen molar-refractivity contribution in [2.24, 2.45) is 0 Å². The second-order valence-corrected chi connectivity index (χ2v) is 7.69. The van der Waals surface area contributed by atoms with Crippen molar-refractivity contribution in [1.29, 1.82) is 0 Å². The highest BCUT2D eigenvalue weighted by atomic mass is 16.5. The fourth-order valence-electron chi connectivity index (χ4n) is 3.93. The maximum absolute atomic E-state index is 11.7. The van der Waals surface area contributed by atoms with E-state index in [0.29, 0.717) is 25.4 Å². The van der Waals surface area contributed by atoms with Crippen molar-refractivity contribution < 1.29 is 9.53 Å². The minimum atomic E-state index is -0.141. The molecule has 0 atom stereocenters. The van der Waals surface area contributed by atoms with Gasteiger partial charge in [-0.3, -0.25) is 4.79 Å². The summed E-state index contributed by atoms with van der Waals surface area (Å²) in [5.74, 6) is 0.342. The van der Waals surface area contributed by atoms with Gasteiger partial charge in [-0.1, -0.05) is 44.2 Å². The molecule has 1 heterocycles. The lowest BCUT2D eigenvalue weighted by atomic mass is 9.89. The molecule has 0 spiro atoms. The smallest absolute Gasteiger partial charge is 0.306 e. The van der Waals surface area contributed by atoms with Gasteiger partial charge in [-0.15, -0.1) is 0 Å². The number of hydrogen-bond acceptors (Lipinski definition) is 3. The Balaban J connectivity index is 1.93. The van der Waals surface area contributed by atoms with Gasteiger partial charge in [0, 0.05) is 12.6 Å². The lowest BCUT2D eigenvalue weighted by Crippen LogP contribution is -2.06. The summed E-state index contributed by atoms with van der Waals surface area (Å²) in [5, 5.41) is 4.64. The first-order chi connectivity index (χ1) is 14.5. The van der Waals surface area contributed by atoms with Crippen molar-refractivity contribution in [3.05, 3.63) is 71.5 Å². The van der Waals surface area contributed by atoms with Gasteiger partial charge in [-0.05, 0) is 79.5 Å². The zero-order valence-electron chi connectivity index (χ0n) is 18.5. The summed E-state index contributed by atoms with van der Waals surface area (Å²) in [6.45, 7) is 8.78. The molecule has 1 aromatic heterocycles. The number of hydrogen-bond donors (Lipinski definition) is 0. The topological polar surface area (TPSA) is 44.1 Å². The van der Waals surface area contributed by atoms with Crippen LogP contribution in [0.2, 0.25) is 0 Å². The Labute approximate surface area is 179 Å². The van der Waals surface area contributed by atoms with Gasteiger partial charge >= 0.3 is 5.97 Å². The summed E-state index contributed by atoms with van der Waals surface area (Å²) in [7, 11) is 0. The molecule has 0 bridgehead atoms.